The summed E-state index contributed by atoms with van der Waals surface area (Å²) in [5, 5.41) is 0.616. The molecule has 0 N–H and O–H groups in total. The number of aryl methyl sites for hydroxylation is 2. The van der Waals surface area contributed by atoms with Gasteiger partial charge in [0.2, 0.25) is 0 Å². The zero-order valence-corrected chi connectivity index (χ0v) is 17.2. The van der Waals surface area contributed by atoms with Crippen LogP contribution in [0.25, 0.3) is 10.2 Å². The highest BCUT2D eigenvalue weighted by Crippen LogP contribution is 2.33. The van der Waals surface area contributed by atoms with Crippen LogP contribution in [0.5, 0.6) is 0 Å². The molecule has 0 aliphatic heterocycles. The molecule has 4 aromatic rings. The molecule has 2 aromatic heterocycles. The standard InChI is InChI=1S/C23H20N2O3S/c1-14-11-15(2)21-20(12-14)24-23(29-21)25(13-19-5-4-10-28-19)22(27)18-8-6-17(7-9-18)16(3)26/h4-12H,13H2,1-3H3. The van der Waals surface area contributed by atoms with Crippen LogP contribution < -0.4 is 4.90 Å². The third-order valence-corrected chi connectivity index (χ3v) is 5.95. The van der Waals surface area contributed by atoms with Crippen molar-refractivity contribution in [3.63, 3.8) is 0 Å². The van der Waals surface area contributed by atoms with Gasteiger partial charge in [-0.2, -0.15) is 0 Å². The Morgan fingerprint density at radius 1 is 1.07 bits per heavy atom. The first-order chi connectivity index (χ1) is 13.9. The first kappa shape index (κ1) is 19.1. The van der Waals surface area contributed by atoms with Gasteiger partial charge >= 0.3 is 0 Å². The lowest BCUT2D eigenvalue weighted by molar-refractivity contribution is 0.0979. The zero-order valence-electron chi connectivity index (χ0n) is 16.4. The number of anilines is 1. The average molecular weight is 404 g/mol. The number of aromatic nitrogens is 1. The third kappa shape index (κ3) is 3.84. The lowest BCUT2D eigenvalue weighted by atomic mass is 10.1. The van der Waals surface area contributed by atoms with E-state index in [0.717, 1.165) is 21.3 Å². The second-order valence-electron chi connectivity index (χ2n) is 7.03. The largest absolute Gasteiger partial charge is 0.467 e. The van der Waals surface area contributed by atoms with E-state index in [1.807, 2.05) is 19.1 Å². The number of nitrogens with zero attached hydrogens (tertiary/aromatic N) is 2. The highest BCUT2D eigenvalue weighted by molar-refractivity contribution is 7.22. The highest BCUT2D eigenvalue weighted by Gasteiger charge is 2.23. The maximum Gasteiger partial charge on any atom is 0.260 e. The lowest BCUT2D eigenvalue weighted by Crippen LogP contribution is -2.30. The molecule has 0 bridgehead atoms. The summed E-state index contributed by atoms with van der Waals surface area (Å²) in [6.45, 7) is 5.87. The SMILES string of the molecule is CC(=O)c1ccc(C(=O)N(Cc2ccco2)c2nc3cc(C)cc(C)c3s2)cc1. The van der Waals surface area contributed by atoms with Gasteiger partial charge in [-0.05, 0) is 62.2 Å². The lowest BCUT2D eigenvalue weighted by Gasteiger charge is -2.19. The molecule has 0 unspecified atom stereocenters. The summed E-state index contributed by atoms with van der Waals surface area (Å²) < 4.78 is 6.54. The van der Waals surface area contributed by atoms with Gasteiger partial charge in [0.1, 0.15) is 5.76 Å². The predicted molar refractivity (Wildman–Crippen MR) is 115 cm³/mol. The van der Waals surface area contributed by atoms with Crippen molar-refractivity contribution in [3.05, 3.63) is 82.8 Å². The maximum atomic E-state index is 13.3. The Bertz CT molecular complexity index is 1190. The van der Waals surface area contributed by atoms with E-state index in [9.17, 15) is 9.59 Å². The Hall–Kier alpha value is -3.25. The monoisotopic (exact) mass is 404 g/mol. The van der Waals surface area contributed by atoms with Crippen LogP contribution in [0, 0.1) is 13.8 Å². The van der Waals surface area contributed by atoms with Crippen molar-refractivity contribution >= 4 is 38.4 Å². The van der Waals surface area contributed by atoms with E-state index in [-0.39, 0.29) is 18.2 Å². The maximum absolute atomic E-state index is 13.3. The van der Waals surface area contributed by atoms with Crippen molar-refractivity contribution in [2.75, 3.05) is 4.90 Å². The topological polar surface area (TPSA) is 63.4 Å². The van der Waals surface area contributed by atoms with Gasteiger partial charge in [-0.3, -0.25) is 14.5 Å². The van der Waals surface area contributed by atoms with Crippen molar-refractivity contribution in [1.82, 2.24) is 4.98 Å². The Morgan fingerprint density at radius 3 is 2.45 bits per heavy atom. The molecule has 2 heterocycles. The van der Waals surface area contributed by atoms with Crippen molar-refractivity contribution in [2.24, 2.45) is 0 Å². The fourth-order valence-electron chi connectivity index (χ4n) is 3.27. The summed E-state index contributed by atoms with van der Waals surface area (Å²) in [4.78, 5) is 31.2. The smallest absolute Gasteiger partial charge is 0.260 e. The number of Topliss-reactive ketones (excluding diaryl/α,β-unsaturated/α-hetero) is 1. The minimum Gasteiger partial charge on any atom is -0.467 e. The number of fused-ring (bicyclic) bond motifs is 1. The molecule has 0 saturated heterocycles. The number of thiazole rings is 1. The van der Waals surface area contributed by atoms with Crippen LogP contribution in [0.15, 0.2) is 59.2 Å². The number of rotatable bonds is 5. The van der Waals surface area contributed by atoms with Crippen molar-refractivity contribution < 1.29 is 14.0 Å². The van der Waals surface area contributed by atoms with Crippen molar-refractivity contribution in [3.8, 4) is 0 Å². The second-order valence-corrected chi connectivity index (χ2v) is 8.01. The first-order valence-corrected chi connectivity index (χ1v) is 10.1. The van der Waals surface area contributed by atoms with Crippen LogP contribution in [-0.4, -0.2) is 16.7 Å². The Kier molecular flexibility index (Phi) is 5.03. The molecule has 0 aliphatic carbocycles. The average Bonchev–Trinajstić information content (AvgIpc) is 3.35. The molecule has 29 heavy (non-hydrogen) atoms. The van der Waals surface area contributed by atoms with E-state index in [0.29, 0.717) is 22.0 Å². The summed E-state index contributed by atoms with van der Waals surface area (Å²) in [6.07, 6.45) is 1.59. The molecule has 6 heteroatoms. The summed E-state index contributed by atoms with van der Waals surface area (Å²) >= 11 is 1.49. The van der Waals surface area contributed by atoms with Crippen molar-refractivity contribution in [1.29, 1.82) is 0 Å². The molecule has 0 spiro atoms. The minimum atomic E-state index is -0.190. The Morgan fingerprint density at radius 2 is 1.79 bits per heavy atom. The van der Waals surface area contributed by atoms with Gasteiger partial charge < -0.3 is 4.42 Å². The van der Waals surface area contributed by atoms with E-state index in [4.69, 9.17) is 9.40 Å². The molecule has 146 valence electrons. The number of amides is 1. The first-order valence-electron chi connectivity index (χ1n) is 9.25. The molecule has 0 radical (unpaired) electrons. The molecule has 4 rings (SSSR count). The van der Waals surface area contributed by atoms with Crippen LogP contribution in [-0.2, 0) is 6.54 Å². The van der Waals surface area contributed by atoms with Gasteiger partial charge in [0, 0.05) is 11.1 Å². The number of carbonyl (C=O) groups excluding carboxylic acids is 2. The van der Waals surface area contributed by atoms with Gasteiger partial charge in [-0.25, -0.2) is 4.98 Å². The Balaban J connectivity index is 1.76. The van der Waals surface area contributed by atoms with Gasteiger partial charge in [-0.1, -0.05) is 29.5 Å². The van der Waals surface area contributed by atoms with Gasteiger partial charge in [0.15, 0.2) is 10.9 Å². The molecule has 2 aromatic carbocycles. The Labute approximate surface area is 172 Å². The molecule has 1 amide bonds. The van der Waals surface area contributed by atoms with Crippen LogP contribution >= 0.6 is 11.3 Å². The van der Waals surface area contributed by atoms with E-state index in [1.165, 1.54) is 18.3 Å². The quantitative estimate of drug-likeness (QED) is 0.409. The van der Waals surface area contributed by atoms with Gasteiger partial charge in [-0.15, -0.1) is 0 Å². The summed E-state index contributed by atoms with van der Waals surface area (Å²) in [5.74, 6) is 0.448. The number of hydrogen-bond acceptors (Lipinski definition) is 5. The molecular formula is C23H20N2O3S. The molecule has 0 saturated carbocycles. The van der Waals surface area contributed by atoms with E-state index >= 15 is 0 Å². The van der Waals surface area contributed by atoms with Gasteiger partial charge in [0.05, 0.1) is 23.0 Å². The molecule has 0 fully saturated rings. The normalized spacial score (nSPS) is 11.0. The molecule has 0 aliphatic rings. The van der Waals surface area contributed by atoms with Crippen molar-refractivity contribution in [2.45, 2.75) is 27.3 Å². The zero-order chi connectivity index (χ0) is 20.5. The highest BCUT2D eigenvalue weighted by atomic mass is 32.1. The number of hydrogen-bond donors (Lipinski definition) is 0. The third-order valence-electron chi connectivity index (χ3n) is 4.72. The molecule has 5 nitrogen and oxygen atoms in total. The molecule has 0 atom stereocenters. The van der Waals surface area contributed by atoms with E-state index < -0.39 is 0 Å². The summed E-state index contributed by atoms with van der Waals surface area (Å²) in [5.41, 5.74) is 4.22. The van der Waals surface area contributed by atoms with E-state index in [1.54, 1.807) is 41.5 Å². The fraction of sp³-hybridized carbons (Fsp3) is 0.174. The summed E-state index contributed by atoms with van der Waals surface area (Å²) in [6, 6.07) is 14.5. The number of carbonyl (C=O) groups is 2. The predicted octanol–water partition coefficient (Wildman–Crippen LogP) is 5.56. The van der Waals surface area contributed by atoms with Crippen LogP contribution in [0.1, 0.15) is 44.5 Å². The second kappa shape index (κ2) is 7.64. The minimum absolute atomic E-state index is 0.0338. The number of benzene rings is 2. The van der Waals surface area contributed by atoms with Crippen LogP contribution in [0.2, 0.25) is 0 Å². The van der Waals surface area contributed by atoms with Crippen LogP contribution in [0.3, 0.4) is 0 Å². The number of furan rings is 1. The molecular weight excluding hydrogens is 384 g/mol. The summed E-state index contributed by atoms with van der Waals surface area (Å²) in [7, 11) is 0. The van der Waals surface area contributed by atoms with Gasteiger partial charge in [0.25, 0.3) is 5.91 Å². The fourth-order valence-corrected chi connectivity index (χ4v) is 4.28. The van der Waals surface area contributed by atoms with Crippen LogP contribution in [0.4, 0.5) is 5.13 Å². The number of ketones is 1. The van der Waals surface area contributed by atoms with E-state index in [2.05, 4.69) is 13.0 Å².